The van der Waals surface area contributed by atoms with Gasteiger partial charge in [0.2, 0.25) is 0 Å². The number of rotatable bonds is 3. The summed E-state index contributed by atoms with van der Waals surface area (Å²) in [4.78, 5) is 0. The first kappa shape index (κ1) is 10.0. The zero-order chi connectivity index (χ0) is 10.2. The van der Waals surface area contributed by atoms with Crippen LogP contribution >= 0.6 is 11.6 Å². The Morgan fingerprint density at radius 2 is 2.07 bits per heavy atom. The summed E-state index contributed by atoms with van der Waals surface area (Å²) in [6.45, 7) is 2.56. The van der Waals surface area contributed by atoms with Crippen molar-refractivity contribution in [1.82, 2.24) is 0 Å². The fourth-order valence-electron chi connectivity index (χ4n) is 2.07. The summed E-state index contributed by atoms with van der Waals surface area (Å²) in [5.74, 6) is 0.498. The van der Waals surface area contributed by atoms with Crippen LogP contribution in [0.25, 0.3) is 0 Å². The fraction of sp³-hybridized carbons (Fsp3) is 0.500. The average Bonchev–Trinajstić information content (AvgIpc) is 2.81. The quantitative estimate of drug-likeness (QED) is 0.814. The Hall–Kier alpha value is -0.530. The van der Waals surface area contributed by atoms with Gasteiger partial charge >= 0.3 is 0 Å². The highest BCUT2D eigenvalue weighted by atomic mass is 35.5. The first-order valence-electron chi connectivity index (χ1n) is 4.99. The largest absolute Gasteiger partial charge is 0.396 e. The maximum Gasteiger partial charge on any atom is 0.0464 e. The van der Waals surface area contributed by atoms with Crippen molar-refractivity contribution in [1.29, 1.82) is 0 Å². The van der Waals surface area contributed by atoms with Crippen LogP contribution in [0.4, 0.5) is 0 Å². The molecule has 14 heavy (non-hydrogen) atoms. The van der Waals surface area contributed by atoms with Crippen LogP contribution in [0.1, 0.15) is 18.9 Å². The minimum atomic E-state index is 0.322. The fourth-order valence-corrected chi connectivity index (χ4v) is 2.20. The van der Waals surface area contributed by atoms with Crippen molar-refractivity contribution in [2.75, 3.05) is 6.61 Å². The lowest BCUT2D eigenvalue weighted by molar-refractivity contribution is 0.253. The van der Waals surface area contributed by atoms with Crippen molar-refractivity contribution >= 4 is 11.6 Å². The van der Waals surface area contributed by atoms with Gasteiger partial charge in [-0.25, -0.2) is 0 Å². The Labute approximate surface area is 89.7 Å². The molecule has 2 rings (SSSR count). The first-order valence-corrected chi connectivity index (χ1v) is 5.37. The summed E-state index contributed by atoms with van der Waals surface area (Å²) >= 11 is 5.81. The molecule has 0 heterocycles. The summed E-state index contributed by atoms with van der Waals surface area (Å²) in [6.07, 6.45) is 2.20. The molecule has 0 aromatic heterocycles. The van der Waals surface area contributed by atoms with E-state index in [0.717, 1.165) is 17.9 Å². The van der Waals surface area contributed by atoms with Crippen molar-refractivity contribution in [2.45, 2.75) is 19.8 Å². The van der Waals surface area contributed by atoms with Crippen LogP contribution < -0.4 is 0 Å². The summed E-state index contributed by atoms with van der Waals surface area (Å²) < 4.78 is 0. The minimum Gasteiger partial charge on any atom is -0.396 e. The van der Waals surface area contributed by atoms with E-state index in [1.165, 1.54) is 5.56 Å². The molecule has 1 N–H and O–H groups in total. The maximum atomic E-state index is 9.04. The molecule has 0 radical (unpaired) electrons. The van der Waals surface area contributed by atoms with Crippen LogP contribution in [0.3, 0.4) is 0 Å². The Balaban J connectivity index is 2.02. The number of hydrogen-bond donors (Lipinski definition) is 1. The molecule has 0 aliphatic heterocycles. The predicted octanol–water partition coefficient (Wildman–Crippen LogP) is 2.90. The molecule has 2 unspecified atom stereocenters. The van der Waals surface area contributed by atoms with Gasteiger partial charge in [0.25, 0.3) is 0 Å². The summed E-state index contributed by atoms with van der Waals surface area (Å²) in [5, 5.41) is 9.83. The van der Waals surface area contributed by atoms with E-state index >= 15 is 0 Å². The molecule has 1 saturated carbocycles. The Kier molecular flexibility index (Phi) is 2.54. The summed E-state index contributed by atoms with van der Waals surface area (Å²) in [5.41, 5.74) is 1.63. The Bertz CT molecular complexity index is 320. The van der Waals surface area contributed by atoms with Gasteiger partial charge in [0.05, 0.1) is 0 Å². The predicted molar refractivity (Wildman–Crippen MR) is 58.5 cm³/mol. The molecule has 0 saturated heterocycles. The van der Waals surface area contributed by atoms with E-state index in [9.17, 15) is 0 Å². The highest BCUT2D eigenvalue weighted by Crippen LogP contribution is 2.53. The number of benzene rings is 1. The molecule has 1 aliphatic carbocycles. The SMILES string of the molecule is CC1(Cc2ccc(Cl)cc2)CC1CO. The molecular formula is C12H15ClO. The van der Waals surface area contributed by atoms with Crippen LogP contribution in [-0.2, 0) is 6.42 Å². The van der Waals surface area contributed by atoms with E-state index < -0.39 is 0 Å². The van der Waals surface area contributed by atoms with E-state index in [2.05, 4.69) is 19.1 Å². The standard InChI is InChI=1S/C12H15ClO/c1-12(7-10(12)8-14)6-9-2-4-11(13)5-3-9/h2-5,10,14H,6-8H2,1H3. The molecule has 0 amide bonds. The third-order valence-corrected chi connectivity index (χ3v) is 3.53. The van der Waals surface area contributed by atoms with Crippen molar-refractivity contribution < 1.29 is 5.11 Å². The molecule has 2 atom stereocenters. The lowest BCUT2D eigenvalue weighted by atomic mass is 9.96. The molecule has 2 heteroatoms. The van der Waals surface area contributed by atoms with Gasteiger partial charge in [0, 0.05) is 11.6 Å². The topological polar surface area (TPSA) is 20.2 Å². The van der Waals surface area contributed by atoms with E-state index in [0.29, 0.717) is 17.9 Å². The monoisotopic (exact) mass is 210 g/mol. The van der Waals surface area contributed by atoms with Gasteiger partial charge in [0.15, 0.2) is 0 Å². The summed E-state index contributed by atoms with van der Waals surface area (Å²) in [6, 6.07) is 7.99. The van der Waals surface area contributed by atoms with Crippen LogP contribution in [0.5, 0.6) is 0 Å². The molecule has 0 spiro atoms. The van der Waals surface area contributed by atoms with E-state index in [1.54, 1.807) is 0 Å². The molecular weight excluding hydrogens is 196 g/mol. The summed E-state index contributed by atoms with van der Waals surface area (Å²) in [7, 11) is 0. The molecule has 1 nitrogen and oxygen atoms in total. The normalized spacial score (nSPS) is 30.4. The maximum absolute atomic E-state index is 9.04. The van der Waals surface area contributed by atoms with Crippen molar-refractivity contribution in [3.8, 4) is 0 Å². The number of aliphatic hydroxyl groups is 1. The van der Waals surface area contributed by atoms with Crippen LogP contribution in [0.15, 0.2) is 24.3 Å². The van der Waals surface area contributed by atoms with Crippen molar-refractivity contribution in [3.63, 3.8) is 0 Å². The molecule has 1 aromatic carbocycles. The zero-order valence-electron chi connectivity index (χ0n) is 8.33. The molecule has 0 bridgehead atoms. The average molecular weight is 211 g/mol. The number of hydrogen-bond acceptors (Lipinski definition) is 1. The van der Waals surface area contributed by atoms with Gasteiger partial charge < -0.3 is 5.11 Å². The van der Waals surface area contributed by atoms with Crippen molar-refractivity contribution in [2.24, 2.45) is 11.3 Å². The third-order valence-electron chi connectivity index (χ3n) is 3.28. The van der Waals surface area contributed by atoms with Gasteiger partial charge in [-0.15, -0.1) is 0 Å². The van der Waals surface area contributed by atoms with Crippen LogP contribution in [0, 0.1) is 11.3 Å². The second-order valence-corrected chi connectivity index (χ2v) is 4.98. The van der Waals surface area contributed by atoms with E-state index in [1.807, 2.05) is 12.1 Å². The van der Waals surface area contributed by atoms with Gasteiger partial charge in [-0.05, 0) is 41.9 Å². The molecule has 76 valence electrons. The number of aliphatic hydroxyl groups excluding tert-OH is 1. The highest BCUT2D eigenvalue weighted by Gasteiger charge is 2.48. The smallest absolute Gasteiger partial charge is 0.0464 e. The van der Waals surface area contributed by atoms with E-state index in [4.69, 9.17) is 16.7 Å². The number of halogens is 1. The zero-order valence-corrected chi connectivity index (χ0v) is 9.09. The lowest BCUT2D eigenvalue weighted by Gasteiger charge is -2.10. The second-order valence-electron chi connectivity index (χ2n) is 4.54. The van der Waals surface area contributed by atoms with Gasteiger partial charge in [-0.2, -0.15) is 0 Å². The Morgan fingerprint density at radius 3 is 2.57 bits per heavy atom. The third kappa shape index (κ3) is 1.94. The van der Waals surface area contributed by atoms with Gasteiger partial charge in [-0.1, -0.05) is 30.7 Å². The molecule has 1 aromatic rings. The Morgan fingerprint density at radius 1 is 1.43 bits per heavy atom. The highest BCUT2D eigenvalue weighted by molar-refractivity contribution is 6.30. The minimum absolute atomic E-state index is 0.322. The first-order chi connectivity index (χ1) is 6.64. The van der Waals surface area contributed by atoms with Crippen LogP contribution in [0.2, 0.25) is 5.02 Å². The second kappa shape index (κ2) is 3.56. The van der Waals surface area contributed by atoms with E-state index in [-0.39, 0.29) is 0 Å². The lowest BCUT2D eigenvalue weighted by Crippen LogP contribution is -2.05. The molecule has 1 aliphatic rings. The van der Waals surface area contributed by atoms with Crippen molar-refractivity contribution in [3.05, 3.63) is 34.9 Å². The van der Waals surface area contributed by atoms with Gasteiger partial charge in [-0.3, -0.25) is 0 Å². The van der Waals surface area contributed by atoms with Crippen LogP contribution in [-0.4, -0.2) is 11.7 Å². The van der Waals surface area contributed by atoms with Gasteiger partial charge in [0.1, 0.15) is 0 Å². The molecule has 1 fully saturated rings.